The van der Waals surface area contributed by atoms with Crippen LogP contribution in [0.25, 0.3) is 6.08 Å². The van der Waals surface area contributed by atoms with Crippen molar-refractivity contribution >= 4 is 29.6 Å². The molecule has 0 radical (unpaired) electrons. The first kappa shape index (κ1) is 18.8. The first-order chi connectivity index (χ1) is 13.1. The quantitative estimate of drug-likeness (QED) is 0.584. The number of ether oxygens (including phenoxy) is 3. The zero-order valence-electron chi connectivity index (χ0n) is 14.4. The second-order valence-corrected chi connectivity index (χ2v) is 6.22. The third-order valence-electron chi connectivity index (χ3n) is 3.78. The molecular weight excluding hydrogens is 370 g/mol. The Morgan fingerprint density at radius 3 is 2.85 bits per heavy atom. The molecule has 1 N–H and O–H groups in total. The standard InChI is InChI=1S/C20H18ClNO5/c21-16-3-1-2-14(10-16)8-9-22-19(23)12-25-20(24)7-5-15-4-6-17-18(11-15)27-13-26-17/h1-7,10-11H,8-9,12-13H2,(H,22,23)/b7-5+. The number of halogens is 1. The summed E-state index contributed by atoms with van der Waals surface area (Å²) in [7, 11) is 0. The maximum atomic E-state index is 11.7. The van der Waals surface area contributed by atoms with Gasteiger partial charge in [0.1, 0.15) is 0 Å². The molecule has 0 atom stereocenters. The maximum Gasteiger partial charge on any atom is 0.331 e. The van der Waals surface area contributed by atoms with Crippen LogP contribution in [0.4, 0.5) is 0 Å². The molecule has 0 aromatic heterocycles. The normalized spacial score (nSPS) is 12.2. The molecule has 0 bridgehead atoms. The van der Waals surface area contributed by atoms with Crippen LogP contribution in [-0.2, 0) is 20.7 Å². The minimum atomic E-state index is -0.599. The molecule has 1 amide bonds. The van der Waals surface area contributed by atoms with Crippen molar-refractivity contribution in [3.05, 3.63) is 64.7 Å². The summed E-state index contributed by atoms with van der Waals surface area (Å²) in [6.45, 7) is 0.292. The van der Waals surface area contributed by atoms with Gasteiger partial charge in [-0.2, -0.15) is 0 Å². The van der Waals surface area contributed by atoms with Crippen LogP contribution < -0.4 is 14.8 Å². The summed E-state index contributed by atoms with van der Waals surface area (Å²) in [6, 6.07) is 12.7. The van der Waals surface area contributed by atoms with Gasteiger partial charge in [-0.1, -0.05) is 29.8 Å². The van der Waals surface area contributed by atoms with Crippen molar-refractivity contribution in [1.29, 1.82) is 0 Å². The van der Waals surface area contributed by atoms with Crippen molar-refractivity contribution in [3.8, 4) is 11.5 Å². The Bertz CT molecular complexity index is 865. The van der Waals surface area contributed by atoms with E-state index < -0.39 is 5.97 Å². The fraction of sp³-hybridized carbons (Fsp3) is 0.200. The lowest BCUT2D eigenvalue weighted by Crippen LogP contribution is -2.30. The van der Waals surface area contributed by atoms with Crippen molar-refractivity contribution in [1.82, 2.24) is 5.32 Å². The summed E-state index contributed by atoms with van der Waals surface area (Å²) in [4.78, 5) is 23.5. The molecule has 6 nitrogen and oxygen atoms in total. The molecule has 0 saturated carbocycles. The van der Waals surface area contributed by atoms with E-state index in [0.29, 0.717) is 29.5 Å². The van der Waals surface area contributed by atoms with Crippen molar-refractivity contribution in [2.45, 2.75) is 6.42 Å². The van der Waals surface area contributed by atoms with Crippen molar-refractivity contribution in [3.63, 3.8) is 0 Å². The summed E-state index contributed by atoms with van der Waals surface area (Å²) < 4.78 is 15.4. The molecule has 3 rings (SSSR count). The fourth-order valence-electron chi connectivity index (χ4n) is 2.46. The average molecular weight is 388 g/mol. The van der Waals surface area contributed by atoms with Crippen LogP contribution >= 0.6 is 11.6 Å². The number of amides is 1. The van der Waals surface area contributed by atoms with Crippen LogP contribution in [0.3, 0.4) is 0 Å². The van der Waals surface area contributed by atoms with E-state index in [0.717, 1.165) is 11.1 Å². The maximum absolute atomic E-state index is 11.7. The lowest BCUT2D eigenvalue weighted by molar-refractivity contribution is -0.143. The van der Waals surface area contributed by atoms with Crippen molar-refractivity contribution in [2.75, 3.05) is 19.9 Å². The third kappa shape index (κ3) is 5.76. The number of carbonyl (C=O) groups is 2. The van der Waals surface area contributed by atoms with Crippen LogP contribution in [0.5, 0.6) is 11.5 Å². The van der Waals surface area contributed by atoms with E-state index in [4.69, 9.17) is 25.8 Å². The van der Waals surface area contributed by atoms with Crippen LogP contribution in [0, 0.1) is 0 Å². The number of hydrogen-bond donors (Lipinski definition) is 1. The van der Waals surface area contributed by atoms with Gasteiger partial charge in [0.15, 0.2) is 18.1 Å². The highest BCUT2D eigenvalue weighted by atomic mass is 35.5. The van der Waals surface area contributed by atoms with Gasteiger partial charge in [0.2, 0.25) is 6.79 Å². The molecule has 7 heteroatoms. The number of hydrogen-bond acceptors (Lipinski definition) is 5. The molecule has 2 aromatic carbocycles. The van der Waals surface area contributed by atoms with E-state index in [-0.39, 0.29) is 19.3 Å². The Labute approximate surface area is 161 Å². The number of esters is 1. The zero-order valence-corrected chi connectivity index (χ0v) is 15.2. The van der Waals surface area contributed by atoms with Gasteiger partial charge in [-0.05, 0) is 47.9 Å². The minimum absolute atomic E-state index is 0.191. The zero-order chi connectivity index (χ0) is 19.1. The Hall–Kier alpha value is -2.99. The van der Waals surface area contributed by atoms with Crippen LogP contribution in [-0.4, -0.2) is 31.8 Å². The van der Waals surface area contributed by atoms with Gasteiger partial charge in [-0.15, -0.1) is 0 Å². The summed E-state index contributed by atoms with van der Waals surface area (Å²) in [6.07, 6.45) is 3.49. The third-order valence-corrected chi connectivity index (χ3v) is 4.01. The van der Waals surface area contributed by atoms with Gasteiger partial charge < -0.3 is 19.5 Å². The number of nitrogens with one attached hydrogen (secondary N) is 1. The molecular formula is C20H18ClNO5. The molecule has 2 aromatic rings. The highest BCUT2D eigenvalue weighted by Crippen LogP contribution is 2.32. The van der Waals surface area contributed by atoms with E-state index in [1.807, 2.05) is 18.2 Å². The van der Waals surface area contributed by atoms with E-state index in [9.17, 15) is 9.59 Å². The largest absolute Gasteiger partial charge is 0.454 e. The predicted octanol–water partition coefficient (Wildman–Crippen LogP) is 2.98. The van der Waals surface area contributed by atoms with Gasteiger partial charge in [-0.25, -0.2) is 4.79 Å². The molecule has 0 spiro atoms. The summed E-state index contributed by atoms with van der Waals surface area (Å²) in [5.41, 5.74) is 1.79. The lowest BCUT2D eigenvalue weighted by atomic mass is 10.1. The van der Waals surface area contributed by atoms with E-state index in [1.54, 1.807) is 30.3 Å². The Morgan fingerprint density at radius 2 is 2.00 bits per heavy atom. The SMILES string of the molecule is O=C(COC(=O)/C=C/c1ccc2c(c1)OCO2)NCCc1cccc(Cl)c1. The second-order valence-electron chi connectivity index (χ2n) is 5.78. The molecule has 0 saturated heterocycles. The smallest absolute Gasteiger partial charge is 0.331 e. The van der Waals surface area contributed by atoms with Gasteiger partial charge in [0.25, 0.3) is 5.91 Å². The Morgan fingerprint density at radius 1 is 1.15 bits per heavy atom. The van der Waals surface area contributed by atoms with Gasteiger partial charge in [-0.3, -0.25) is 4.79 Å². The summed E-state index contributed by atoms with van der Waals surface area (Å²) in [5, 5.41) is 3.35. The second kappa shape index (κ2) is 9.09. The number of rotatable bonds is 7. The molecule has 1 aliphatic rings. The molecule has 0 unspecified atom stereocenters. The van der Waals surface area contributed by atoms with Crippen molar-refractivity contribution in [2.24, 2.45) is 0 Å². The number of benzene rings is 2. The Kier molecular flexibility index (Phi) is 6.33. The van der Waals surface area contributed by atoms with Crippen molar-refractivity contribution < 1.29 is 23.8 Å². The predicted molar refractivity (Wildman–Crippen MR) is 101 cm³/mol. The average Bonchev–Trinajstić information content (AvgIpc) is 3.12. The van der Waals surface area contributed by atoms with Crippen LogP contribution in [0.15, 0.2) is 48.5 Å². The molecule has 0 aliphatic carbocycles. The molecule has 27 heavy (non-hydrogen) atoms. The van der Waals surface area contributed by atoms with Gasteiger partial charge in [0.05, 0.1) is 0 Å². The lowest BCUT2D eigenvalue weighted by Gasteiger charge is -2.06. The van der Waals surface area contributed by atoms with E-state index >= 15 is 0 Å². The molecule has 0 fully saturated rings. The van der Waals surface area contributed by atoms with Gasteiger partial charge in [0, 0.05) is 17.6 Å². The first-order valence-electron chi connectivity index (χ1n) is 8.36. The Balaban J connectivity index is 1.37. The van der Waals surface area contributed by atoms with Crippen LogP contribution in [0.2, 0.25) is 5.02 Å². The summed E-state index contributed by atoms with van der Waals surface area (Å²) in [5.74, 6) is 0.341. The minimum Gasteiger partial charge on any atom is -0.454 e. The highest BCUT2D eigenvalue weighted by molar-refractivity contribution is 6.30. The molecule has 1 heterocycles. The number of fused-ring (bicyclic) bond motifs is 1. The van der Waals surface area contributed by atoms with E-state index in [1.165, 1.54) is 6.08 Å². The monoisotopic (exact) mass is 387 g/mol. The fourth-order valence-corrected chi connectivity index (χ4v) is 2.67. The first-order valence-corrected chi connectivity index (χ1v) is 8.73. The van der Waals surface area contributed by atoms with Gasteiger partial charge >= 0.3 is 5.97 Å². The summed E-state index contributed by atoms with van der Waals surface area (Å²) >= 11 is 5.91. The van der Waals surface area contributed by atoms with E-state index in [2.05, 4.69) is 5.32 Å². The molecule has 1 aliphatic heterocycles. The molecule has 140 valence electrons. The topological polar surface area (TPSA) is 73.9 Å². The number of carbonyl (C=O) groups excluding carboxylic acids is 2. The van der Waals surface area contributed by atoms with Crippen LogP contribution in [0.1, 0.15) is 11.1 Å². The highest BCUT2D eigenvalue weighted by Gasteiger charge is 2.12.